The van der Waals surface area contributed by atoms with Gasteiger partial charge in [-0.25, -0.2) is 8.78 Å². The summed E-state index contributed by atoms with van der Waals surface area (Å²) in [6.45, 7) is 1.26. The molecule has 0 aliphatic heterocycles. The second kappa shape index (κ2) is 3.57. The van der Waals surface area contributed by atoms with Crippen LogP contribution in [-0.4, -0.2) is 10.9 Å². The van der Waals surface area contributed by atoms with Gasteiger partial charge in [-0.05, 0) is 12.5 Å². The molecule has 76 valence electrons. The fourth-order valence-corrected chi connectivity index (χ4v) is 1.16. The molecule has 4 nitrogen and oxygen atoms in total. The molecule has 1 amide bonds. The van der Waals surface area contributed by atoms with E-state index in [4.69, 9.17) is 5.73 Å². The van der Waals surface area contributed by atoms with Crippen molar-refractivity contribution in [1.29, 1.82) is 0 Å². The number of hydrogen-bond donors (Lipinski definition) is 2. The lowest BCUT2D eigenvalue weighted by atomic mass is 10.1. The Labute approximate surface area is 77.7 Å². The van der Waals surface area contributed by atoms with E-state index in [1.54, 1.807) is 0 Å². The summed E-state index contributed by atoms with van der Waals surface area (Å²) in [5, 5.41) is 0. The van der Waals surface area contributed by atoms with Gasteiger partial charge in [0, 0.05) is 6.20 Å². The Bertz CT molecular complexity index is 426. The van der Waals surface area contributed by atoms with Crippen LogP contribution in [0.15, 0.2) is 11.0 Å². The van der Waals surface area contributed by atoms with E-state index in [9.17, 15) is 18.4 Å². The average Bonchev–Trinajstić information content (AvgIpc) is 2.02. The molecule has 0 aliphatic carbocycles. The Morgan fingerprint density at radius 3 is 2.57 bits per heavy atom. The van der Waals surface area contributed by atoms with Gasteiger partial charge in [-0.3, -0.25) is 9.59 Å². The van der Waals surface area contributed by atoms with Gasteiger partial charge >= 0.3 is 0 Å². The van der Waals surface area contributed by atoms with Gasteiger partial charge in [0.15, 0.2) is 0 Å². The van der Waals surface area contributed by atoms with E-state index < -0.39 is 23.5 Å². The Hall–Kier alpha value is -1.72. The van der Waals surface area contributed by atoms with Crippen LogP contribution in [0.3, 0.4) is 0 Å². The van der Waals surface area contributed by atoms with E-state index in [0.29, 0.717) is 0 Å². The summed E-state index contributed by atoms with van der Waals surface area (Å²) in [5.41, 5.74) is 3.15. The molecule has 1 heterocycles. The zero-order valence-corrected chi connectivity index (χ0v) is 7.30. The molecule has 0 saturated carbocycles. The van der Waals surface area contributed by atoms with Gasteiger partial charge in [-0.1, -0.05) is 0 Å². The smallest absolute Gasteiger partial charge is 0.269 e. The Balaban J connectivity index is 3.49. The van der Waals surface area contributed by atoms with E-state index in [-0.39, 0.29) is 11.1 Å². The first kappa shape index (κ1) is 10.4. The minimum Gasteiger partial charge on any atom is -0.366 e. The molecule has 0 unspecified atom stereocenters. The molecule has 0 aromatic carbocycles. The van der Waals surface area contributed by atoms with E-state index in [1.165, 1.54) is 6.92 Å². The maximum absolute atomic E-state index is 12.4. The van der Waals surface area contributed by atoms with Crippen LogP contribution >= 0.6 is 0 Å². The van der Waals surface area contributed by atoms with E-state index in [1.807, 2.05) is 4.98 Å². The molecule has 0 radical (unpaired) electrons. The summed E-state index contributed by atoms with van der Waals surface area (Å²) < 4.78 is 24.7. The number of alkyl halides is 2. The summed E-state index contributed by atoms with van der Waals surface area (Å²) in [6.07, 6.45) is -1.88. The van der Waals surface area contributed by atoms with Crippen molar-refractivity contribution < 1.29 is 13.6 Å². The van der Waals surface area contributed by atoms with Gasteiger partial charge in [0.05, 0.1) is 11.1 Å². The number of amides is 1. The molecule has 0 aliphatic rings. The first-order chi connectivity index (χ1) is 6.45. The summed E-state index contributed by atoms with van der Waals surface area (Å²) in [6, 6.07) is 0. The number of nitrogens with one attached hydrogen (secondary N) is 1. The highest BCUT2D eigenvalue weighted by Gasteiger charge is 2.19. The van der Waals surface area contributed by atoms with Gasteiger partial charge < -0.3 is 10.7 Å². The number of halogens is 2. The van der Waals surface area contributed by atoms with E-state index >= 15 is 0 Å². The van der Waals surface area contributed by atoms with Crippen molar-refractivity contribution in [2.45, 2.75) is 13.3 Å². The molecule has 6 heteroatoms. The average molecular weight is 202 g/mol. The Morgan fingerprint density at radius 2 is 2.14 bits per heavy atom. The number of nitrogens with two attached hydrogens (primary N) is 1. The van der Waals surface area contributed by atoms with E-state index in [0.717, 1.165) is 6.20 Å². The molecule has 3 N–H and O–H groups in total. The van der Waals surface area contributed by atoms with Crippen LogP contribution in [0.25, 0.3) is 0 Å². The Morgan fingerprint density at radius 1 is 1.57 bits per heavy atom. The molecule has 0 spiro atoms. The monoisotopic (exact) mass is 202 g/mol. The minimum absolute atomic E-state index is 0.0729. The standard InChI is InChI=1S/C8H8F2N2O2/c1-3-4(7(11)13)2-12-8(14)5(3)6(9)10/h2,6H,1H3,(H2,11,13)(H,12,14). The molecule has 1 aromatic heterocycles. The third kappa shape index (κ3) is 1.63. The summed E-state index contributed by atoms with van der Waals surface area (Å²) in [5.74, 6) is -0.847. The molecule has 1 rings (SSSR count). The summed E-state index contributed by atoms with van der Waals surface area (Å²) >= 11 is 0. The molecule has 0 atom stereocenters. The van der Waals surface area contributed by atoms with Crippen LogP contribution in [0.2, 0.25) is 0 Å². The number of aromatic amines is 1. The maximum atomic E-state index is 12.4. The van der Waals surface area contributed by atoms with Gasteiger partial charge in [-0.15, -0.1) is 0 Å². The zero-order chi connectivity index (χ0) is 10.9. The van der Waals surface area contributed by atoms with Crippen LogP contribution in [0.5, 0.6) is 0 Å². The number of H-pyrrole nitrogens is 1. The van der Waals surface area contributed by atoms with Gasteiger partial charge in [-0.2, -0.15) is 0 Å². The highest BCUT2D eigenvalue weighted by Crippen LogP contribution is 2.20. The summed E-state index contributed by atoms with van der Waals surface area (Å²) in [7, 11) is 0. The largest absolute Gasteiger partial charge is 0.366 e. The zero-order valence-electron chi connectivity index (χ0n) is 7.30. The molecular formula is C8H8F2N2O2. The molecule has 0 bridgehead atoms. The van der Waals surface area contributed by atoms with Crippen LogP contribution in [-0.2, 0) is 0 Å². The van der Waals surface area contributed by atoms with Crippen molar-refractivity contribution in [3.63, 3.8) is 0 Å². The third-order valence-corrected chi connectivity index (χ3v) is 1.88. The highest BCUT2D eigenvalue weighted by molar-refractivity contribution is 5.94. The molecule has 1 aromatic rings. The number of carbonyl (C=O) groups excluding carboxylic acids is 1. The second-order valence-electron chi connectivity index (χ2n) is 2.74. The van der Waals surface area contributed by atoms with Crippen molar-refractivity contribution in [2.75, 3.05) is 0 Å². The van der Waals surface area contributed by atoms with Crippen molar-refractivity contribution in [2.24, 2.45) is 5.73 Å². The quantitative estimate of drug-likeness (QED) is 0.741. The van der Waals surface area contributed by atoms with Crippen LogP contribution in [0, 0.1) is 6.92 Å². The SMILES string of the molecule is Cc1c(C(N)=O)c[nH]c(=O)c1C(F)F. The van der Waals surface area contributed by atoms with Gasteiger partial charge in [0.2, 0.25) is 5.91 Å². The highest BCUT2D eigenvalue weighted by atomic mass is 19.3. The molecule has 0 saturated heterocycles. The normalized spacial score (nSPS) is 10.6. The third-order valence-electron chi connectivity index (χ3n) is 1.88. The van der Waals surface area contributed by atoms with Crippen molar-refractivity contribution in [3.8, 4) is 0 Å². The second-order valence-corrected chi connectivity index (χ2v) is 2.74. The molecule has 0 fully saturated rings. The number of pyridine rings is 1. The lowest BCUT2D eigenvalue weighted by Gasteiger charge is -2.06. The summed E-state index contributed by atoms with van der Waals surface area (Å²) in [4.78, 5) is 23.8. The first-order valence-electron chi connectivity index (χ1n) is 3.75. The van der Waals surface area contributed by atoms with Crippen molar-refractivity contribution in [1.82, 2.24) is 4.98 Å². The van der Waals surface area contributed by atoms with E-state index in [2.05, 4.69) is 0 Å². The number of rotatable bonds is 2. The van der Waals surface area contributed by atoms with Crippen LogP contribution in [0.4, 0.5) is 8.78 Å². The first-order valence-corrected chi connectivity index (χ1v) is 3.75. The lowest BCUT2D eigenvalue weighted by Crippen LogP contribution is -2.21. The predicted octanol–water partition coefficient (Wildman–Crippen LogP) is 0.720. The number of primary amides is 1. The number of carbonyl (C=O) groups is 1. The van der Waals surface area contributed by atoms with Gasteiger partial charge in [0.1, 0.15) is 0 Å². The molecule has 14 heavy (non-hydrogen) atoms. The fourth-order valence-electron chi connectivity index (χ4n) is 1.16. The van der Waals surface area contributed by atoms with Crippen molar-refractivity contribution in [3.05, 3.63) is 33.2 Å². The topological polar surface area (TPSA) is 76.0 Å². The van der Waals surface area contributed by atoms with Crippen LogP contribution in [0.1, 0.15) is 27.9 Å². The van der Waals surface area contributed by atoms with Crippen LogP contribution < -0.4 is 11.3 Å². The Kier molecular flexibility index (Phi) is 2.64. The lowest BCUT2D eigenvalue weighted by molar-refractivity contribution is 0.0998. The fraction of sp³-hybridized carbons (Fsp3) is 0.250. The number of aromatic nitrogens is 1. The minimum atomic E-state index is -2.92. The van der Waals surface area contributed by atoms with Gasteiger partial charge in [0.25, 0.3) is 12.0 Å². The van der Waals surface area contributed by atoms with Crippen molar-refractivity contribution >= 4 is 5.91 Å². The molecular weight excluding hydrogens is 194 g/mol. The number of hydrogen-bond acceptors (Lipinski definition) is 2. The maximum Gasteiger partial charge on any atom is 0.269 e. The predicted molar refractivity (Wildman–Crippen MR) is 45.3 cm³/mol.